The SMILES string of the molecule is CC(=O)N1CCCCCCCN(Cc2cccnc2)Cc2cc(C(=O)NCCC(=O)O)ccc21. The number of carboxylic acids is 1. The minimum absolute atomic E-state index is 0.0178. The smallest absolute Gasteiger partial charge is 0.305 e. The first-order valence-electron chi connectivity index (χ1n) is 12.0. The van der Waals surface area contributed by atoms with E-state index in [1.54, 1.807) is 19.2 Å². The van der Waals surface area contributed by atoms with Crippen LogP contribution in [0.25, 0.3) is 0 Å². The van der Waals surface area contributed by atoms with Crippen LogP contribution >= 0.6 is 0 Å². The number of pyridine rings is 1. The van der Waals surface area contributed by atoms with Crippen LogP contribution in [-0.4, -0.2) is 52.4 Å². The highest BCUT2D eigenvalue weighted by Gasteiger charge is 2.20. The molecule has 182 valence electrons. The Morgan fingerprint density at radius 3 is 2.53 bits per heavy atom. The summed E-state index contributed by atoms with van der Waals surface area (Å²) in [6.45, 7) is 4.51. The van der Waals surface area contributed by atoms with Crippen LogP contribution in [0.15, 0.2) is 42.7 Å². The Hall–Kier alpha value is -3.26. The molecule has 8 heteroatoms. The van der Waals surface area contributed by atoms with Gasteiger partial charge < -0.3 is 15.3 Å². The summed E-state index contributed by atoms with van der Waals surface area (Å²) in [5.74, 6) is -1.29. The number of hydrogen-bond acceptors (Lipinski definition) is 5. The van der Waals surface area contributed by atoms with Gasteiger partial charge in [-0.15, -0.1) is 0 Å². The van der Waals surface area contributed by atoms with Crippen molar-refractivity contribution >= 4 is 23.5 Å². The van der Waals surface area contributed by atoms with Gasteiger partial charge in [0.05, 0.1) is 6.42 Å². The zero-order valence-electron chi connectivity index (χ0n) is 19.8. The van der Waals surface area contributed by atoms with Gasteiger partial charge in [-0.1, -0.05) is 25.3 Å². The van der Waals surface area contributed by atoms with Gasteiger partial charge in [-0.2, -0.15) is 0 Å². The number of fused-ring (bicyclic) bond motifs is 1. The molecule has 3 rings (SSSR count). The largest absolute Gasteiger partial charge is 0.481 e. The minimum atomic E-state index is -0.957. The van der Waals surface area contributed by atoms with E-state index in [-0.39, 0.29) is 24.8 Å². The fourth-order valence-electron chi connectivity index (χ4n) is 4.29. The Balaban J connectivity index is 1.92. The highest BCUT2D eigenvalue weighted by molar-refractivity contribution is 5.97. The number of carboxylic acid groups (broad SMARTS) is 1. The molecule has 0 unspecified atom stereocenters. The maximum Gasteiger partial charge on any atom is 0.305 e. The number of nitrogens with one attached hydrogen (secondary N) is 1. The number of amides is 2. The summed E-state index contributed by atoms with van der Waals surface area (Å²) in [6, 6.07) is 9.37. The number of hydrogen-bond donors (Lipinski definition) is 2. The van der Waals surface area contributed by atoms with E-state index in [4.69, 9.17) is 5.11 Å². The normalized spacial score (nSPS) is 15.5. The molecule has 0 bridgehead atoms. The van der Waals surface area contributed by atoms with Gasteiger partial charge in [0.1, 0.15) is 0 Å². The maximum absolute atomic E-state index is 12.7. The molecular formula is C26H34N4O4. The second-order valence-corrected chi connectivity index (χ2v) is 8.75. The van der Waals surface area contributed by atoms with Gasteiger partial charge in [0.25, 0.3) is 5.91 Å². The second kappa shape index (κ2) is 12.8. The molecule has 1 aliphatic rings. The molecule has 0 radical (unpaired) electrons. The van der Waals surface area contributed by atoms with E-state index in [1.807, 2.05) is 29.3 Å². The van der Waals surface area contributed by atoms with E-state index in [0.717, 1.165) is 62.0 Å². The summed E-state index contributed by atoms with van der Waals surface area (Å²) in [4.78, 5) is 44.4. The highest BCUT2D eigenvalue weighted by atomic mass is 16.4. The van der Waals surface area contributed by atoms with Gasteiger partial charge in [-0.05, 0) is 54.8 Å². The van der Waals surface area contributed by atoms with Crippen LogP contribution in [0, 0.1) is 0 Å². The van der Waals surface area contributed by atoms with Crippen LogP contribution in [0.1, 0.15) is 66.9 Å². The van der Waals surface area contributed by atoms with E-state index in [9.17, 15) is 14.4 Å². The lowest BCUT2D eigenvalue weighted by Gasteiger charge is -2.29. The quantitative estimate of drug-likeness (QED) is 0.674. The van der Waals surface area contributed by atoms with E-state index in [2.05, 4.69) is 21.3 Å². The van der Waals surface area contributed by atoms with Crippen molar-refractivity contribution in [1.82, 2.24) is 15.2 Å². The number of aliphatic carboxylic acids is 1. The van der Waals surface area contributed by atoms with E-state index in [1.165, 1.54) is 0 Å². The van der Waals surface area contributed by atoms with E-state index < -0.39 is 5.97 Å². The number of carbonyl (C=O) groups excluding carboxylic acids is 2. The number of carbonyl (C=O) groups is 3. The van der Waals surface area contributed by atoms with Gasteiger partial charge in [0.2, 0.25) is 5.91 Å². The molecule has 0 saturated heterocycles. The number of anilines is 1. The number of rotatable bonds is 6. The van der Waals surface area contributed by atoms with Crippen molar-refractivity contribution in [3.8, 4) is 0 Å². The standard InChI is InChI=1S/C26H34N4O4/c1-20(31)30-15-6-4-2-3-5-14-29(18-21-8-7-12-27-17-21)19-23-16-22(9-10-24(23)30)26(34)28-13-11-25(32)33/h7-10,12,16-17H,2-6,11,13-15,18-19H2,1H3,(H,28,34)(H,32,33). The summed E-state index contributed by atoms with van der Waals surface area (Å²) in [6.07, 6.45) is 8.88. The Morgan fingerprint density at radius 1 is 1.06 bits per heavy atom. The topological polar surface area (TPSA) is 103 Å². The van der Waals surface area contributed by atoms with Crippen molar-refractivity contribution in [2.75, 3.05) is 24.5 Å². The van der Waals surface area contributed by atoms with Crippen LogP contribution in [0.5, 0.6) is 0 Å². The molecule has 2 heterocycles. The zero-order chi connectivity index (χ0) is 24.3. The van der Waals surface area contributed by atoms with Gasteiger partial charge in [0, 0.05) is 56.7 Å². The lowest BCUT2D eigenvalue weighted by Crippen LogP contribution is -2.33. The lowest BCUT2D eigenvalue weighted by molar-refractivity contribution is -0.136. The fraction of sp³-hybridized carbons (Fsp3) is 0.462. The highest BCUT2D eigenvalue weighted by Crippen LogP contribution is 2.26. The monoisotopic (exact) mass is 466 g/mol. The Kier molecular flexibility index (Phi) is 9.58. The number of aromatic nitrogens is 1. The third-order valence-corrected chi connectivity index (χ3v) is 6.02. The number of nitrogens with zero attached hydrogens (tertiary/aromatic N) is 3. The van der Waals surface area contributed by atoms with Crippen LogP contribution < -0.4 is 10.2 Å². The molecule has 1 aromatic heterocycles. The molecule has 0 atom stereocenters. The van der Waals surface area contributed by atoms with Gasteiger partial charge in [0.15, 0.2) is 0 Å². The van der Waals surface area contributed by atoms with E-state index in [0.29, 0.717) is 18.7 Å². The third kappa shape index (κ3) is 7.66. The van der Waals surface area contributed by atoms with Gasteiger partial charge in [-0.3, -0.25) is 24.3 Å². The van der Waals surface area contributed by atoms with Crippen LogP contribution in [0.4, 0.5) is 5.69 Å². The third-order valence-electron chi connectivity index (χ3n) is 6.02. The first kappa shape index (κ1) is 25.4. The predicted molar refractivity (Wildman–Crippen MR) is 130 cm³/mol. The minimum Gasteiger partial charge on any atom is -0.481 e. The molecule has 8 nitrogen and oxygen atoms in total. The summed E-state index contributed by atoms with van der Waals surface area (Å²) >= 11 is 0. The summed E-state index contributed by atoms with van der Waals surface area (Å²) in [5.41, 5.74) is 3.31. The van der Waals surface area contributed by atoms with Crippen molar-refractivity contribution in [1.29, 1.82) is 0 Å². The first-order valence-corrected chi connectivity index (χ1v) is 12.0. The molecule has 2 amide bonds. The van der Waals surface area contributed by atoms with Crippen molar-refractivity contribution in [2.45, 2.75) is 58.5 Å². The summed E-state index contributed by atoms with van der Waals surface area (Å²) < 4.78 is 0. The Morgan fingerprint density at radius 2 is 1.82 bits per heavy atom. The van der Waals surface area contributed by atoms with Crippen LogP contribution in [0.2, 0.25) is 0 Å². The molecule has 0 saturated carbocycles. The van der Waals surface area contributed by atoms with Crippen LogP contribution in [-0.2, 0) is 22.7 Å². The average Bonchev–Trinajstić information content (AvgIpc) is 2.80. The molecule has 0 fully saturated rings. The first-order chi connectivity index (χ1) is 16.4. The fourth-order valence-corrected chi connectivity index (χ4v) is 4.29. The van der Waals surface area contributed by atoms with Gasteiger partial charge in [-0.25, -0.2) is 0 Å². The van der Waals surface area contributed by atoms with E-state index >= 15 is 0 Å². The summed E-state index contributed by atoms with van der Waals surface area (Å²) in [5, 5.41) is 11.5. The zero-order valence-corrected chi connectivity index (χ0v) is 19.8. The predicted octanol–water partition coefficient (Wildman–Crippen LogP) is 3.61. The second-order valence-electron chi connectivity index (χ2n) is 8.75. The van der Waals surface area contributed by atoms with Gasteiger partial charge >= 0.3 is 5.97 Å². The van der Waals surface area contributed by atoms with Crippen molar-refractivity contribution in [3.63, 3.8) is 0 Å². The molecule has 0 spiro atoms. The molecule has 2 aromatic rings. The lowest BCUT2D eigenvalue weighted by atomic mass is 10.0. The van der Waals surface area contributed by atoms with Crippen molar-refractivity contribution in [3.05, 3.63) is 59.4 Å². The molecule has 1 aromatic carbocycles. The van der Waals surface area contributed by atoms with Crippen molar-refractivity contribution in [2.24, 2.45) is 0 Å². The summed E-state index contributed by atoms with van der Waals surface area (Å²) in [7, 11) is 0. The molecular weight excluding hydrogens is 432 g/mol. The molecule has 0 aliphatic carbocycles. The maximum atomic E-state index is 12.7. The Bertz CT molecular complexity index is 980. The number of benzene rings is 1. The van der Waals surface area contributed by atoms with Crippen molar-refractivity contribution < 1.29 is 19.5 Å². The Labute approximate surface area is 201 Å². The average molecular weight is 467 g/mol. The molecule has 2 N–H and O–H groups in total. The molecule has 34 heavy (non-hydrogen) atoms. The van der Waals surface area contributed by atoms with Crippen LogP contribution in [0.3, 0.4) is 0 Å². The molecule has 1 aliphatic heterocycles.